The Morgan fingerprint density at radius 1 is 1.43 bits per heavy atom. The average molecular weight is 318 g/mol. The number of benzene rings is 1. The summed E-state index contributed by atoms with van der Waals surface area (Å²) in [6.07, 6.45) is -0.805. The minimum atomic E-state index is -0.984. The molecule has 118 valence electrons. The number of methoxy groups -OCH3 is 1. The van der Waals surface area contributed by atoms with Crippen LogP contribution in [0.15, 0.2) is 24.3 Å². The number of carboxylic acids is 1. The summed E-state index contributed by atoms with van der Waals surface area (Å²) in [5.41, 5.74) is 0.640. The van der Waals surface area contributed by atoms with Crippen LogP contribution in [0.2, 0.25) is 5.02 Å². The van der Waals surface area contributed by atoms with E-state index < -0.39 is 12.1 Å². The number of aliphatic hydroxyl groups is 1. The van der Waals surface area contributed by atoms with E-state index >= 15 is 0 Å². The van der Waals surface area contributed by atoms with E-state index in [-0.39, 0.29) is 19.7 Å². The average Bonchev–Trinajstić information content (AvgIpc) is 2.42. The normalized spacial score (nSPS) is 12.1. The lowest BCUT2D eigenvalue weighted by atomic mass is 10.2. The van der Waals surface area contributed by atoms with Crippen LogP contribution in [0.3, 0.4) is 0 Å². The fourth-order valence-corrected chi connectivity index (χ4v) is 1.95. The molecule has 1 atom stereocenters. The Labute approximate surface area is 128 Å². The highest BCUT2D eigenvalue weighted by Gasteiger charge is 2.16. The number of hydrogen-bond acceptors (Lipinski definition) is 5. The summed E-state index contributed by atoms with van der Waals surface area (Å²) in [6, 6.07) is 6.83. The maximum Gasteiger partial charge on any atom is 0.323 e. The van der Waals surface area contributed by atoms with E-state index in [4.69, 9.17) is 26.2 Å². The summed E-state index contributed by atoms with van der Waals surface area (Å²) in [6.45, 7) is 0.846. The van der Waals surface area contributed by atoms with Crippen molar-refractivity contribution in [3.8, 4) is 0 Å². The molecule has 0 saturated carbocycles. The van der Waals surface area contributed by atoms with Gasteiger partial charge in [-0.3, -0.25) is 4.79 Å². The fourth-order valence-electron chi connectivity index (χ4n) is 1.77. The van der Waals surface area contributed by atoms with E-state index in [0.29, 0.717) is 23.9 Å². The van der Waals surface area contributed by atoms with Crippen molar-refractivity contribution in [3.05, 3.63) is 29.3 Å². The largest absolute Gasteiger partial charge is 0.480 e. The van der Waals surface area contributed by atoms with Crippen molar-refractivity contribution in [1.82, 2.24) is 0 Å². The van der Waals surface area contributed by atoms with Crippen molar-refractivity contribution in [2.24, 2.45) is 0 Å². The molecule has 0 fully saturated rings. The van der Waals surface area contributed by atoms with Crippen molar-refractivity contribution < 1.29 is 24.5 Å². The van der Waals surface area contributed by atoms with Gasteiger partial charge in [-0.05, 0) is 18.2 Å². The molecule has 0 heterocycles. The third kappa shape index (κ3) is 7.29. The predicted octanol–water partition coefficient (Wildman–Crippen LogP) is 1.25. The van der Waals surface area contributed by atoms with Crippen LogP contribution >= 0.6 is 11.6 Å². The molecule has 0 radical (unpaired) electrons. The van der Waals surface area contributed by atoms with Crippen LogP contribution in [0.25, 0.3) is 0 Å². The fraction of sp³-hybridized carbons (Fsp3) is 0.500. The zero-order valence-electron chi connectivity index (χ0n) is 11.9. The quantitative estimate of drug-likeness (QED) is 0.632. The number of aliphatic carboxylic acids is 1. The lowest BCUT2D eigenvalue weighted by molar-refractivity contribution is -0.135. The summed E-state index contributed by atoms with van der Waals surface area (Å²) >= 11 is 5.91. The van der Waals surface area contributed by atoms with Crippen molar-refractivity contribution in [1.29, 1.82) is 0 Å². The van der Waals surface area contributed by atoms with Gasteiger partial charge in [0.1, 0.15) is 6.54 Å². The van der Waals surface area contributed by atoms with Gasteiger partial charge in [-0.1, -0.05) is 17.7 Å². The maximum atomic E-state index is 10.9. The molecule has 1 rings (SSSR count). The maximum absolute atomic E-state index is 10.9. The molecule has 0 spiro atoms. The van der Waals surface area contributed by atoms with Gasteiger partial charge in [-0.25, -0.2) is 0 Å². The Morgan fingerprint density at radius 2 is 2.19 bits per heavy atom. The van der Waals surface area contributed by atoms with Crippen LogP contribution in [0.5, 0.6) is 0 Å². The topological polar surface area (TPSA) is 79.2 Å². The lowest BCUT2D eigenvalue weighted by Gasteiger charge is -2.25. The number of hydrogen-bond donors (Lipinski definition) is 2. The van der Waals surface area contributed by atoms with Gasteiger partial charge in [0.25, 0.3) is 0 Å². The number of anilines is 1. The highest BCUT2D eigenvalue weighted by atomic mass is 35.5. The van der Waals surface area contributed by atoms with Crippen LogP contribution < -0.4 is 4.90 Å². The van der Waals surface area contributed by atoms with E-state index in [9.17, 15) is 9.90 Å². The monoisotopic (exact) mass is 317 g/mol. The Kier molecular flexibility index (Phi) is 8.07. The van der Waals surface area contributed by atoms with Gasteiger partial charge >= 0.3 is 5.97 Å². The first kappa shape index (κ1) is 17.7. The number of nitrogens with zero attached hydrogens (tertiary/aromatic N) is 1. The van der Waals surface area contributed by atoms with Crippen LogP contribution in [0, 0.1) is 0 Å². The summed E-state index contributed by atoms with van der Waals surface area (Å²) in [5.74, 6) is -0.984. The number of carbonyl (C=O) groups is 1. The van der Waals surface area contributed by atoms with E-state index in [1.54, 1.807) is 36.3 Å². The molecule has 1 unspecified atom stereocenters. The van der Waals surface area contributed by atoms with Crippen molar-refractivity contribution in [3.63, 3.8) is 0 Å². The van der Waals surface area contributed by atoms with E-state index in [2.05, 4.69) is 0 Å². The highest BCUT2D eigenvalue weighted by molar-refractivity contribution is 6.30. The molecule has 6 nitrogen and oxygen atoms in total. The minimum Gasteiger partial charge on any atom is -0.480 e. The molecule has 0 aliphatic carbocycles. The first-order chi connectivity index (χ1) is 10.0. The number of rotatable bonds is 10. The second-order valence-corrected chi connectivity index (χ2v) is 4.91. The zero-order valence-corrected chi connectivity index (χ0v) is 12.6. The molecule has 0 saturated heterocycles. The molecule has 0 aliphatic heterocycles. The smallest absolute Gasteiger partial charge is 0.323 e. The Bertz CT molecular complexity index is 443. The van der Waals surface area contributed by atoms with Gasteiger partial charge in [0.15, 0.2) is 0 Å². The van der Waals surface area contributed by atoms with Gasteiger partial charge in [0.2, 0.25) is 0 Å². The lowest BCUT2D eigenvalue weighted by Crippen LogP contribution is -2.38. The third-order valence-electron chi connectivity index (χ3n) is 2.67. The van der Waals surface area contributed by atoms with Crippen LogP contribution in [-0.4, -0.2) is 62.3 Å². The second kappa shape index (κ2) is 9.57. The molecule has 0 bridgehead atoms. The summed E-state index contributed by atoms with van der Waals surface area (Å²) in [7, 11) is 1.56. The number of ether oxygens (including phenoxy) is 2. The van der Waals surface area contributed by atoms with Gasteiger partial charge < -0.3 is 24.6 Å². The first-order valence-corrected chi connectivity index (χ1v) is 6.87. The second-order valence-electron chi connectivity index (χ2n) is 4.48. The number of carboxylic acid groups (broad SMARTS) is 1. The Balaban J connectivity index is 2.59. The summed E-state index contributed by atoms with van der Waals surface area (Å²) in [4.78, 5) is 12.5. The Hall–Kier alpha value is -1.34. The summed E-state index contributed by atoms with van der Waals surface area (Å²) in [5, 5.41) is 19.4. The minimum absolute atomic E-state index is 0.111. The molecule has 1 aromatic rings. The van der Waals surface area contributed by atoms with Crippen molar-refractivity contribution in [2.45, 2.75) is 6.10 Å². The molecule has 0 aliphatic rings. The van der Waals surface area contributed by atoms with E-state index in [1.165, 1.54) is 0 Å². The molecule has 7 heteroatoms. The molecule has 1 aromatic carbocycles. The Morgan fingerprint density at radius 3 is 2.81 bits per heavy atom. The molecule has 0 aromatic heterocycles. The highest BCUT2D eigenvalue weighted by Crippen LogP contribution is 2.19. The SMILES string of the molecule is COCCOCC(O)CN(CC(=O)O)c1cccc(Cl)c1. The molecule has 21 heavy (non-hydrogen) atoms. The van der Waals surface area contributed by atoms with Crippen LogP contribution in [0.4, 0.5) is 5.69 Å². The molecule has 2 N–H and O–H groups in total. The van der Waals surface area contributed by atoms with Crippen LogP contribution in [0.1, 0.15) is 0 Å². The number of aliphatic hydroxyl groups excluding tert-OH is 1. The van der Waals surface area contributed by atoms with Gasteiger partial charge in [-0.15, -0.1) is 0 Å². The standard InChI is InChI=1S/C14H20ClNO5/c1-20-5-6-21-10-13(17)8-16(9-14(18)19)12-4-2-3-11(15)7-12/h2-4,7,13,17H,5-6,8-10H2,1H3,(H,18,19). The van der Waals surface area contributed by atoms with Gasteiger partial charge in [0.05, 0.1) is 25.9 Å². The number of halogens is 1. The van der Waals surface area contributed by atoms with Crippen molar-refractivity contribution in [2.75, 3.05) is 44.9 Å². The van der Waals surface area contributed by atoms with Crippen molar-refractivity contribution >= 4 is 23.3 Å². The van der Waals surface area contributed by atoms with Gasteiger partial charge in [-0.2, -0.15) is 0 Å². The van der Waals surface area contributed by atoms with Crippen LogP contribution in [-0.2, 0) is 14.3 Å². The molecular formula is C14H20ClNO5. The zero-order chi connectivity index (χ0) is 15.7. The molecule has 0 amide bonds. The van der Waals surface area contributed by atoms with E-state index in [0.717, 1.165) is 0 Å². The third-order valence-corrected chi connectivity index (χ3v) is 2.91. The first-order valence-electron chi connectivity index (χ1n) is 6.50. The molecular weight excluding hydrogens is 298 g/mol. The summed E-state index contributed by atoms with van der Waals surface area (Å²) < 4.78 is 10.1. The van der Waals surface area contributed by atoms with Gasteiger partial charge in [0, 0.05) is 24.4 Å². The van der Waals surface area contributed by atoms with E-state index in [1.807, 2.05) is 0 Å². The predicted molar refractivity (Wildman–Crippen MR) is 80.0 cm³/mol.